The van der Waals surface area contributed by atoms with Crippen molar-refractivity contribution in [3.05, 3.63) is 53.2 Å². The first-order valence-corrected chi connectivity index (χ1v) is 11.4. The van der Waals surface area contributed by atoms with Crippen molar-refractivity contribution >= 4 is 17.5 Å². The molecule has 2 fully saturated rings. The second-order valence-corrected chi connectivity index (χ2v) is 9.86. The number of anilines is 1. The molecule has 3 aliphatic rings. The average Bonchev–Trinajstić information content (AvgIpc) is 3.40. The Balaban J connectivity index is 1.12. The molecule has 176 valence electrons. The fourth-order valence-corrected chi connectivity index (χ4v) is 5.63. The van der Waals surface area contributed by atoms with Crippen LogP contribution in [-0.4, -0.2) is 74.8 Å². The van der Waals surface area contributed by atoms with E-state index in [1.54, 1.807) is 43.4 Å². The number of rotatable bonds is 4. The highest BCUT2D eigenvalue weighted by Crippen LogP contribution is 2.42. The van der Waals surface area contributed by atoms with E-state index < -0.39 is 0 Å². The Bertz CT molecular complexity index is 1300. The smallest absolute Gasteiger partial charge is 0.257 e. The number of carbonyl (C=O) groups excluding carboxylic acids is 2. The first kappa shape index (κ1) is 21.0. The molecule has 10 heteroatoms. The number of aryl methyl sites for hydroxylation is 1. The maximum absolute atomic E-state index is 15.4. The van der Waals surface area contributed by atoms with Crippen LogP contribution in [0.25, 0.3) is 11.3 Å². The van der Waals surface area contributed by atoms with Crippen LogP contribution in [0, 0.1) is 11.2 Å². The normalized spacial score (nSPS) is 19.2. The first-order valence-electron chi connectivity index (χ1n) is 11.4. The molecule has 9 nitrogen and oxygen atoms in total. The Morgan fingerprint density at radius 2 is 1.94 bits per heavy atom. The molecule has 6 rings (SSSR count). The Labute approximate surface area is 196 Å². The number of hydrogen-bond donors (Lipinski definition) is 1. The van der Waals surface area contributed by atoms with Gasteiger partial charge in [-0.2, -0.15) is 10.2 Å². The minimum Gasteiger partial charge on any atom is -0.337 e. The van der Waals surface area contributed by atoms with Gasteiger partial charge >= 0.3 is 0 Å². The molecule has 0 radical (unpaired) electrons. The van der Waals surface area contributed by atoms with Gasteiger partial charge in [-0.15, -0.1) is 0 Å². The molecule has 2 aromatic heterocycles. The van der Waals surface area contributed by atoms with Crippen molar-refractivity contribution in [2.45, 2.75) is 19.4 Å². The molecule has 3 aromatic rings. The fraction of sp³-hybridized carbons (Fsp3) is 0.417. The highest BCUT2D eigenvalue weighted by molar-refractivity contribution is 5.96. The van der Waals surface area contributed by atoms with Gasteiger partial charge in [0.15, 0.2) is 0 Å². The summed E-state index contributed by atoms with van der Waals surface area (Å²) in [6.45, 7) is 3.96. The summed E-state index contributed by atoms with van der Waals surface area (Å²) in [5, 5.41) is 11.2. The summed E-state index contributed by atoms with van der Waals surface area (Å²) in [7, 11) is 3.49. The Kier molecular flexibility index (Phi) is 4.63. The number of fused-ring (bicyclic) bond motifs is 1. The van der Waals surface area contributed by atoms with Gasteiger partial charge in [0.25, 0.3) is 5.91 Å². The van der Waals surface area contributed by atoms with Crippen LogP contribution in [0.1, 0.15) is 27.9 Å². The highest BCUT2D eigenvalue weighted by atomic mass is 19.1. The van der Waals surface area contributed by atoms with E-state index in [1.165, 1.54) is 4.90 Å². The molecule has 2 amide bonds. The lowest BCUT2D eigenvalue weighted by molar-refractivity contribution is -0.118. The third kappa shape index (κ3) is 3.24. The highest BCUT2D eigenvalue weighted by Gasteiger charge is 2.53. The predicted octanol–water partition coefficient (Wildman–Crippen LogP) is 1.82. The summed E-state index contributed by atoms with van der Waals surface area (Å²) < 4.78 is 17.1. The number of nitrogens with zero attached hydrogens (tertiary/aromatic N) is 6. The number of H-pyrrole nitrogens is 1. The molecule has 1 spiro atoms. The van der Waals surface area contributed by atoms with Gasteiger partial charge in [0.05, 0.1) is 23.7 Å². The third-order valence-corrected chi connectivity index (χ3v) is 7.33. The molecule has 34 heavy (non-hydrogen) atoms. The maximum Gasteiger partial charge on any atom is 0.257 e. The van der Waals surface area contributed by atoms with Gasteiger partial charge in [0, 0.05) is 87.2 Å². The molecule has 2 saturated heterocycles. The first-order chi connectivity index (χ1) is 16.3. The van der Waals surface area contributed by atoms with Gasteiger partial charge in [0.2, 0.25) is 5.91 Å². The summed E-state index contributed by atoms with van der Waals surface area (Å²) in [5.41, 5.74) is 4.10. The maximum atomic E-state index is 15.4. The van der Waals surface area contributed by atoms with Crippen molar-refractivity contribution < 1.29 is 14.0 Å². The minimum absolute atomic E-state index is 0.00490. The van der Waals surface area contributed by atoms with E-state index >= 15 is 4.39 Å². The van der Waals surface area contributed by atoms with E-state index in [0.29, 0.717) is 47.5 Å². The topological polar surface area (TPSA) is 90.4 Å². The average molecular weight is 464 g/mol. The molecule has 0 aliphatic carbocycles. The zero-order valence-corrected chi connectivity index (χ0v) is 19.2. The van der Waals surface area contributed by atoms with Gasteiger partial charge in [0.1, 0.15) is 5.82 Å². The molecule has 5 heterocycles. The van der Waals surface area contributed by atoms with E-state index in [2.05, 4.69) is 20.2 Å². The number of likely N-dealkylation sites (tertiary alicyclic amines) is 2. The summed E-state index contributed by atoms with van der Waals surface area (Å²) in [5.74, 6) is -0.249. The number of carbonyl (C=O) groups is 2. The monoisotopic (exact) mass is 463 g/mol. The van der Waals surface area contributed by atoms with E-state index in [-0.39, 0.29) is 23.0 Å². The van der Waals surface area contributed by atoms with Crippen LogP contribution in [0.4, 0.5) is 10.1 Å². The number of amides is 2. The van der Waals surface area contributed by atoms with Crippen molar-refractivity contribution in [3.8, 4) is 11.3 Å². The Morgan fingerprint density at radius 1 is 1.15 bits per heavy atom. The number of aromatic nitrogens is 4. The van der Waals surface area contributed by atoms with Crippen molar-refractivity contribution in [3.63, 3.8) is 0 Å². The van der Waals surface area contributed by atoms with Crippen molar-refractivity contribution in [1.29, 1.82) is 0 Å². The van der Waals surface area contributed by atoms with Crippen molar-refractivity contribution in [2.24, 2.45) is 12.5 Å². The van der Waals surface area contributed by atoms with Gasteiger partial charge in [-0.05, 0) is 18.6 Å². The molecule has 0 atom stereocenters. The number of benzene rings is 1. The van der Waals surface area contributed by atoms with Crippen LogP contribution in [0.2, 0.25) is 0 Å². The zero-order chi connectivity index (χ0) is 23.6. The van der Waals surface area contributed by atoms with Gasteiger partial charge in [-0.1, -0.05) is 0 Å². The molecule has 0 unspecified atom stereocenters. The molecular weight excluding hydrogens is 437 g/mol. The van der Waals surface area contributed by atoms with E-state index in [1.807, 2.05) is 11.0 Å². The predicted molar refractivity (Wildman–Crippen MR) is 123 cm³/mol. The van der Waals surface area contributed by atoms with Gasteiger partial charge in [-0.3, -0.25) is 24.3 Å². The number of hydrogen-bond acceptors (Lipinski definition) is 5. The lowest BCUT2D eigenvalue weighted by Crippen LogP contribution is -2.72. The SMILES string of the molecule is CN1C(=O)CCc2c1ccc(-c1[nH]ncc1CN1CC3(C1)CN(C(=O)c1cnn(C)c1)C3)c2F. The molecule has 3 aliphatic heterocycles. The standard InChI is InChI=1S/C24H26FN7O2/c1-29-9-16(8-27-29)23(34)32-13-24(14-32)11-31(12-24)10-15-7-26-28-22(15)18-3-5-19-17(21(18)25)4-6-20(33)30(19)2/h3,5,7-9H,4,6,10-14H2,1-2H3,(H,26,28). The molecule has 1 aromatic carbocycles. The molecular formula is C24H26FN7O2. The summed E-state index contributed by atoms with van der Waals surface area (Å²) in [6, 6.07) is 3.54. The van der Waals surface area contributed by atoms with Crippen molar-refractivity contribution in [1.82, 2.24) is 29.8 Å². The second kappa shape index (κ2) is 7.49. The van der Waals surface area contributed by atoms with Crippen molar-refractivity contribution in [2.75, 3.05) is 38.1 Å². The third-order valence-electron chi connectivity index (χ3n) is 7.33. The lowest BCUT2D eigenvalue weighted by Gasteiger charge is -2.60. The summed E-state index contributed by atoms with van der Waals surface area (Å²) >= 11 is 0. The molecule has 1 N–H and O–H groups in total. The zero-order valence-electron chi connectivity index (χ0n) is 19.2. The van der Waals surface area contributed by atoms with Gasteiger partial charge in [-0.25, -0.2) is 4.39 Å². The van der Waals surface area contributed by atoms with Crippen LogP contribution in [0.15, 0.2) is 30.7 Å². The van der Waals surface area contributed by atoms with Crippen LogP contribution in [0.3, 0.4) is 0 Å². The number of aromatic amines is 1. The second-order valence-electron chi connectivity index (χ2n) is 9.86. The van der Waals surface area contributed by atoms with Gasteiger partial charge < -0.3 is 9.80 Å². The van der Waals surface area contributed by atoms with E-state index in [0.717, 1.165) is 31.7 Å². The van der Waals surface area contributed by atoms with E-state index in [4.69, 9.17) is 0 Å². The Hall–Kier alpha value is -3.53. The Morgan fingerprint density at radius 3 is 2.68 bits per heavy atom. The van der Waals surface area contributed by atoms with Crippen LogP contribution in [0.5, 0.6) is 0 Å². The minimum atomic E-state index is -0.286. The number of halogens is 1. The van der Waals surface area contributed by atoms with E-state index in [9.17, 15) is 9.59 Å². The quantitative estimate of drug-likeness (QED) is 0.638. The lowest BCUT2D eigenvalue weighted by atomic mass is 9.72. The van der Waals surface area contributed by atoms with Crippen LogP contribution < -0.4 is 4.90 Å². The summed E-state index contributed by atoms with van der Waals surface area (Å²) in [4.78, 5) is 30.2. The van der Waals surface area contributed by atoms with Crippen LogP contribution >= 0.6 is 0 Å². The molecule has 0 saturated carbocycles. The summed E-state index contributed by atoms with van der Waals surface area (Å²) in [6.07, 6.45) is 5.83. The fourth-order valence-electron chi connectivity index (χ4n) is 5.63. The number of nitrogens with one attached hydrogen (secondary N) is 1. The molecule has 0 bridgehead atoms. The largest absolute Gasteiger partial charge is 0.337 e. The van der Waals surface area contributed by atoms with Crippen LogP contribution in [-0.2, 0) is 24.8 Å².